The average Bonchev–Trinajstić information content (AvgIpc) is 2.62. The highest BCUT2D eigenvalue weighted by molar-refractivity contribution is 5.38. The van der Waals surface area contributed by atoms with E-state index in [0.29, 0.717) is 6.04 Å². The molecule has 3 nitrogen and oxygen atoms in total. The number of nitrogens with zero attached hydrogens (tertiary/aromatic N) is 2. The molecule has 1 atom stereocenters. The number of nitrogens with one attached hydrogen (secondary N) is 1. The third-order valence-electron chi connectivity index (χ3n) is 2.55. The molecular weight excluding hydrogens is 186 g/mol. The van der Waals surface area contributed by atoms with Gasteiger partial charge >= 0.3 is 0 Å². The predicted octanol–water partition coefficient (Wildman–Crippen LogP) is 3.14. The molecular formula is C12H23N3. The SMILES string of the molecule is CCn1cc(N[C@@H](C)CCC(C)C)cn1. The first-order chi connectivity index (χ1) is 7.11. The van der Waals surface area contributed by atoms with Gasteiger partial charge in [-0.15, -0.1) is 0 Å². The Morgan fingerprint density at radius 2 is 2.07 bits per heavy atom. The van der Waals surface area contributed by atoms with Gasteiger partial charge in [0.1, 0.15) is 0 Å². The summed E-state index contributed by atoms with van der Waals surface area (Å²) in [7, 11) is 0. The van der Waals surface area contributed by atoms with E-state index in [2.05, 4.69) is 44.3 Å². The predicted molar refractivity (Wildman–Crippen MR) is 65.1 cm³/mol. The fraction of sp³-hybridized carbons (Fsp3) is 0.750. The summed E-state index contributed by atoms with van der Waals surface area (Å²) in [5.74, 6) is 0.785. The van der Waals surface area contributed by atoms with E-state index in [4.69, 9.17) is 0 Å². The molecule has 0 bridgehead atoms. The summed E-state index contributed by atoms with van der Waals surface area (Å²) < 4.78 is 1.94. The zero-order valence-corrected chi connectivity index (χ0v) is 10.3. The lowest BCUT2D eigenvalue weighted by Gasteiger charge is -2.14. The summed E-state index contributed by atoms with van der Waals surface area (Å²) in [5.41, 5.74) is 1.13. The van der Waals surface area contributed by atoms with E-state index >= 15 is 0 Å². The smallest absolute Gasteiger partial charge is 0.0728 e. The van der Waals surface area contributed by atoms with Crippen LogP contribution in [0.3, 0.4) is 0 Å². The molecule has 15 heavy (non-hydrogen) atoms. The zero-order valence-electron chi connectivity index (χ0n) is 10.3. The molecule has 1 aromatic rings. The summed E-state index contributed by atoms with van der Waals surface area (Å²) in [6, 6.07) is 0.530. The number of hydrogen-bond acceptors (Lipinski definition) is 2. The van der Waals surface area contributed by atoms with Crippen molar-refractivity contribution in [3.8, 4) is 0 Å². The van der Waals surface area contributed by atoms with Crippen molar-refractivity contribution in [2.75, 3.05) is 5.32 Å². The minimum absolute atomic E-state index is 0.530. The molecule has 0 fully saturated rings. The van der Waals surface area contributed by atoms with Crippen LogP contribution in [0.2, 0.25) is 0 Å². The van der Waals surface area contributed by atoms with Crippen molar-refractivity contribution < 1.29 is 0 Å². The van der Waals surface area contributed by atoms with Gasteiger partial charge in [0.25, 0.3) is 0 Å². The molecule has 0 spiro atoms. The van der Waals surface area contributed by atoms with Crippen LogP contribution in [-0.2, 0) is 6.54 Å². The lowest BCUT2D eigenvalue weighted by atomic mass is 10.0. The van der Waals surface area contributed by atoms with E-state index in [9.17, 15) is 0 Å². The van der Waals surface area contributed by atoms with Gasteiger partial charge in [0.2, 0.25) is 0 Å². The fourth-order valence-corrected chi connectivity index (χ4v) is 1.55. The first kappa shape index (κ1) is 12.1. The van der Waals surface area contributed by atoms with E-state index < -0.39 is 0 Å². The van der Waals surface area contributed by atoms with E-state index in [1.807, 2.05) is 10.9 Å². The number of aromatic nitrogens is 2. The summed E-state index contributed by atoms with van der Waals surface area (Å²) in [5, 5.41) is 7.71. The van der Waals surface area contributed by atoms with Crippen LogP contribution in [0, 0.1) is 5.92 Å². The fourth-order valence-electron chi connectivity index (χ4n) is 1.55. The van der Waals surface area contributed by atoms with E-state index in [1.54, 1.807) is 0 Å². The summed E-state index contributed by atoms with van der Waals surface area (Å²) in [6.45, 7) is 9.79. The summed E-state index contributed by atoms with van der Waals surface area (Å²) >= 11 is 0. The van der Waals surface area contributed by atoms with Crippen molar-refractivity contribution in [2.45, 2.75) is 53.1 Å². The normalized spacial score (nSPS) is 13.1. The molecule has 1 heterocycles. The highest BCUT2D eigenvalue weighted by Crippen LogP contribution is 2.12. The monoisotopic (exact) mass is 209 g/mol. The van der Waals surface area contributed by atoms with E-state index in [0.717, 1.165) is 18.2 Å². The van der Waals surface area contributed by atoms with E-state index in [-0.39, 0.29) is 0 Å². The third kappa shape index (κ3) is 4.36. The first-order valence-electron chi connectivity index (χ1n) is 5.90. The van der Waals surface area contributed by atoms with Crippen molar-refractivity contribution in [3.63, 3.8) is 0 Å². The van der Waals surface area contributed by atoms with Crippen molar-refractivity contribution in [3.05, 3.63) is 12.4 Å². The Bertz CT molecular complexity index is 278. The Morgan fingerprint density at radius 3 is 2.60 bits per heavy atom. The molecule has 0 aliphatic rings. The highest BCUT2D eigenvalue weighted by Gasteiger charge is 2.04. The molecule has 0 aromatic carbocycles. The van der Waals surface area contributed by atoms with Crippen LogP contribution in [0.25, 0.3) is 0 Å². The molecule has 3 heteroatoms. The second kappa shape index (κ2) is 5.79. The van der Waals surface area contributed by atoms with Gasteiger partial charge in [-0.1, -0.05) is 13.8 Å². The average molecular weight is 209 g/mol. The van der Waals surface area contributed by atoms with Crippen LogP contribution in [0.5, 0.6) is 0 Å². The van der Waals surface area contributed by atoms with Gasteiger partial charge in [-0.3, -0.25) is 4.68 Å². The van der Waals surface area contributed by atoms with Crippen LogP contribution in [0.1, 0.15) is 40.5 Å². The highest BCUT2D eigenvalue weighted by atomic mass is 15.3. The molecule has 0 saturated heterocycles. The molecule has 1 aromatic heterocycles. The molecule has 0 radical (unpaired) electrons. The number of anilines is 1. The Hall–Kier alpha value is -0.990. The van der Waals surface area contributed by atoms with E-state index in [1.165, 1.54) is 12.8 Å². The van der Waals surface area contributed by atoms with Gasteiger partial charge in [-0.05, 0) is 32.6 Å². The van der Waals surface area contributed by atoms with Crippen LogP contribution < -0.4 is 5.32 Å². The third-order valence-corrected chi connectivity index (χ3v) is 2.55. The van der Waals surface area contributed by atoms with Crippen LogP contribution >= 0.6 is 0 Å². The molecule has 0 saturated carbocycles. The summed E-state index contributed by atoms with van der Waals surface area (Å²) in [6.07, 6.45) is 6.45. The van der Waals surface area contributed by atoms with Crippen molar-refractivity contribution in [1.29, 1.82) is 0 Å². The largest absolute Gasteiger partial charge is 0.380 e. The molecule has 0 aliphatic heterocycles. The lowest BCUT2D eigenvalue weighted by Crippen LogP contribution is -2.15. The van der Waals surface area contributed by atoms with Crippen molar-refractivity contribution >= 4 is 5.69 Å². The minimum atomic E-state index is 0.530. The maximum absolute atomic E-state index is 4.24. The van der Waals surface area contributed by atoms with Crippen LogP contribution in [0.4, 0.5) is 5.69 Å². The van der Waals surface area contributed by atoms with Gasteiger partial charge in [0.15, 0.2) is 0 Å². The number of rotatable bonds is 6. The zero-order chi connectivity index (χ0) is 11.3. The quantitative estimate of drug-likeness (QED) is 0.780. The standard InChI is InChI=1S/C12H23N3/c1-5-15-9-12(8-13-15)14-11(4)7-6-10(2)3/h8-11,14H,5-7H2,1-4H3/t11-/m0/s1. The Balaban J connectivity index is 2.33. The number of aryl methyl sites for hydroxylation is 1. The molecule has 1 N–H and O–H groups in total. The van der Waals surface area contributed by atoms with Crippen molar-refractivity contribution in [1.82, 2.24) is 9.78 Å². The van der Waals surface area contributed by atoms with Crippen LogP contribution in [0.15, 0.2) is 12.4 Å². The van der Waals surface area contributed by atoms with Gasteiger partial charge in [0.05, 0.1) is 11.9 Å². The summed E-state index contributed by atoms with van der Waals surface area (Å²) in [4.78, 5) is 0. The second-order valence-corrected chi connectivity index (χ2v) is 4.60. The van der Waals surface area contributed by atoms with Gasteiger partial charge in [-0.25, -0.2) is 0 Å². The first-order valence-corrected chi connectivity index (χ1v) is 5.90. The molecule has 0 amide bonds. The Labute approximate surface area is 92.9 Å². The maximum Gasteiger partial charge on any atom is 0.0728 e. The Kier molecular flexibility index (Phi) is 4.66. The van der Waals surface area contributed by atoms with Gasteiger partial charge in [0, 0.05) is 18.8 Å². The topological polar surface area (TPSA) is 29.9 Å². The molecule has 1 rings (SSSR count). The number of hydrogen-bond donors (Lipinski definition) is 1. The Morgan fingerprint density at radius 1 is 1.33 bits per heavy atom. The minimum Gasteiger partial charge on any atom is -0.380 e. The molecule has 86 valence electrons. The molecule has 0 aliphatic carbocycles. The van der Waals surface area contributed by atoms with Crippen molar-refractivity contribution in [2.24, 2.45) is 5.92 Å². The van der Waals surface area contributed by atoms with Gasteiger partial charge in [-0.2, -0.15) is 5.10 Å². The maximum atomic E-state index is 4.24. The van der Waals surface area contributed by atoms with Gasteiger partial charge < -0.3 is 5.32 Å². The van der Waals surface area contributed by atoms with Crippen LogP contribution in [-0.4, -0.2) is 15.8 Å². The second-order valence-electron chi connectivity index (χ2n) is 4.60. The lowest BCUT2D eigenvalue weighted by molar-refractivity contribution is 0.527. The molecule has 0 unspecified atom stereocenters.